The molecule has 2 rings (SSSR count). The van der Waals surface area contributed by atoms with Crippen molar-refractivity contribution < 1.29 is 9.90 Å². The van der Waals surface area contributed by atoms with Gasteiger partial charge in [-0.15, -0.1) is 0 Å². The van der Waals surface area contributed by atoms with Gasteiger partial charge in [0.2, 0.25) is 0 Å². The number of amides is 1. The van der Waals surface area contributed by atoms with E-state index in [1.807, 2.05) is 36.2 Å². The molecule has 0 saturated carbocycles. The van der Waals surface area contributed by atoms with Crippen molar-refractivity contribution in [2.24, 2.45) is 5.92 Å². The monoisotopic (exact) mass is 290 g/mol. The van der Waals surface area contributed by atoms with Crippen molar-refractivity contribution in [2.45, 2.75) is 19.8 Å². The van der Waals surface area contributed by atoms with Crippen LogP contribution in [0.2, 0.25) is 0 Å². The van der Waals surface area contributed by atoms with Crippen LogP contribution in [-0.4, -0.2) is 60.6 Å². The highest BCUT2D eigenvalue weighted by molar-refractivity contribution is 5.94. The summed E-state index contributed by atoms with van der Waals surface area (Å²) in [6, 6.07) is 7.90. The number of carbonyl (C=O) groups excluding carboxylic acids is 1. The number of rotatable bonds is 3. The summed E-state index contributed by atoms with van der Waals surface area (Å²) in [4.78, 5) is 16.7. The minimum absolute atomic E-state index is 0.0686. The van der Waals surface area contributed by atoms with Gasteiger partial charge in [0.1, 0.15) is 0 Å². The fourth-order valence-corrected chi connectivity index (χ4v) is 2.78. The predicted octanol–water partition coefficient (Wildman–Crippen LogP) is 1.81. The number of aliphatic hydroxyl groups excluding tert-OH is 1. The number of hydrogen-bond donors (Lipinski definition) is 1. The maximum Gasteiger partial charge on any atom is 0.253 e. The zero-order chi connectivity index (χ0) is 15.4. The van der Waals surface area contributed by atoms with E-state index < -0.39 is 0 Å². The SMILES string of the molecule is CC(C)c1ccc(C(=O)N2CCN(C)CC(CO)C2)cc1. The molecule has 1 heterocycles. The molecule has 0 bridgehead atoms. The molecule has 1 aliphatic heterocycles. The molecular formula is C17H26N2O2. The summed E-state index contributed by atoms with van der Waals surface area (Å²) in [5.41, 5.74) is 1.98. The molecule has 4 heteroatoms. The summed E-state index contributed by atoms with van der Waals surface area (Å²) in [5.74, 6) is 0.676. The first-order valence-electron chi connectivity index (χ1n) is 7.70. The first-order valence-corrected chi connectivity index (χ1v) is 7.70. The highest BCUT2D eigenvalue weighted by atomic mass is 16.3. The average Bonchev–Trinajstić information content (AvgIpc) is 2.68. The minimum atomic E-state index is 0.0686. The first kappa shape index (κ1) is 16.0. The lowest BCUT2D eigenvalue weighted by Crippen LogP contribution is -2.36. The van der Waals surface area contributed by atoms with Crippen LogP contribution in [0.15, 0.2) is 24.3 Å². The number of benzene rings is 1. The Kier molecular flexibility index (Phi) is 5.37. The normalized spacial score (nSPS) is 20.6. The van der Waals surface area contributed by atoms with E-state index in [1.54, 1.807) is 0 Å². The van der Waals surface area contributed by atoms with Gasteiger partial charge in [-0.3, -0.25) is 4.79 Å². The molecule has 0 aliphatic carbocycles. The first-order chi connectivity index (χ1) is 10.0. The van der Waals surface area contributed by atoms with Crippen LogP contribution in [0.5, 0.6) is 0 Å². The Morgan fingerprint density at radius 1 is 1.24 bits per heavy atom. The summed E-state index contributed by atoms with van der Waals surface area (Å²) in [6.45, 7) is 7.46. The van der Waals surface area contributed by atoms with Crippen molar-refractivity contribution in [3.05, 3.63) is 35.4 Å². The Morgan fingerprint density at radius 2 is 1.90 bits per heavy atom. The third kappa shape index (κ3) is 4.05. The standard InChI is InChI=1S/C17H26N2O2/c1-13(2)15-4-6-16(7-5-15)17(21)19-9-8-18(3)10-14(11-19)12-20/h4-7,13-14,20H,8-12H2,1-3H3. The van der Waals surface area contributed by atoms with Crippen molar-refractivity contribution >= 4 is 5.91 Å². The van der Waals surface area contributed by atoms with Crippen LogP contribution >= 0.6 is 0 Å². The number of hydrogen-bond acceptors (Lipinski definition) is 3. The Labute approximate surface area is 127 Å². The summed E-state index contributed by atoms with van der Waals surface area (Å²) in [6.07, 6.45) is 0. The molecule has 1 amide bonds. The van der Waals surface area contributed by atoms with Gasteiger partial charge in [-0.05, 0) is 30.7 Å². The van der Waals surface area contributed by atoms with Gasteiger partial charge in [0, 0.05) is 44.3 Å². The minimum Gasteiger partial charge on any atom is -0.396 e. The van der Waals surface area contributed by atoms with E-state index in [1.165, 1.54) is 5.56 Å². The Balaban J connectivity index is 2.10. The predicted molar refractivity (Wildman–Crippen MR) is 84.5 cm³/mol. The highest BCUT2D eigenvalue weighted by Crippen LogP contribution is 2.17. The summed E-state index contributed by atoms with van der Waals surface area (Å²) in [7, 11) is 2.04. The molecule has 0 spiro atoms. The molecule has 1 N–H and O–H groups in total. The number of aliphatic hydroxyl groups is 1. The third-order valence-electron chi connectivity index (χ3n) is 4.17. The molecule has 0 radical (unpaired) electrons. The smallest absolute Gasteiger partial charge is 0.253 e. The molecule has 4 nitrogen and oxygen atoms in total. The van der Waals surface area contributed by atoms with Gasteiger partial charge in [-0.1, -0.05) is 26.0 Å². The van der Waals surface area contributed by atoms with Crippen molar-refractivity contribution in [1.82, 2.24) is 9.80 Å². The lowest BCUT2D eigenvalue weighted by Gasteiger charge is -2.23. The zero-order valence-electron chi connectivity index (χ0n) is 13.2. The molecular weight excluding hydrogens is 264 g/mol. The van der Waals surface area contributed by atoms with Crippen LogP contribution in [0.4, 0.5) is 0 Å². The third-order valence-corrected chi connectivity index (χ3v) is 4.17. The summed E-state index contributed by atoms with van der Waals surface area (Å²) in [5, 5.41) is 9.44. The fourth-order valence-electron chi connectivity index (χ4n) is 2.78. The molecule has 1 aromatic rings. The second-order valence-corrected chi connectivity index (χ2v) is 6.34. The lowest BCUT2D eigenvalue weighted by molar-refractivity contribution is 0.0728. The second-order valence-electron chi connectivity index (χ2n) is 6.34. The van der Waals surface area contributed by atoms with Gasteiger partial charge in [0.15, 0.2) is 0 Å². The van der Waals surface area contributed by atoms with E-state index in [2.05, 4.69) is 18.7 Å². The molecule has 21 heavy (non-hydrogen) atoms. The zero-order valence-corrected chi connectivity index (χ0v) is 13.2. The Bertz CT molecular complexity index is 470. The van der Waals surface area contributed by atoms with Crippen molar-refractivity contribution in [3.63, 3.8) is 0 Å². The van der Waals surface area contributed by atoms with Gasteiger partial charge < -0.3 is 14.9 Å². The van der Waals surface area contributed by atoms with Gasteiger partial charge >= 0.3 is 0 Å². The average molecular weight is 290 g/mol. The molecule has 0 aromatic heterocycles. The topological polar surface area (TPSA) is 43.8 Å². The molecule has 116 valence electrons. The van der Waals surface area contributed by atoms with Crippen LogP contribution in [0.1, 0.15) is 35.7 Å². The van der Waals surface area contributed by atoms with E-state index >= 15 is 0 Å². The van der Waals surface area contributed by atoms with Crippen LogP contribution in [-0.2, 0) is 0 Å². The second kappa shape index (κ2) is 7.05. The van der Waals surface area contributed by atoms with Crippen LogP contribution < -0.4 is 0 Å². The summed E-state index contributed by atoms with van der Waals surface area (Å²) < 4.78 is 0. The fraction of sp³-hybridized carbons (Fsp3) is 0.588. The van der Waals surface area contributed by atoms with Crippen molar-refractivity contribution in [3.8, 4) is 0 Å². The van der Waals surface area contributed by atoms with Gasteiger partial charge in [0.05, 0.1) is 0 Å². The summed E-state index contributed by atoms with van der Waals surface area (Å²) >= 11 is 0. The number of nitrogens with zero attached hydrogens (tertiary/aromatic N) is 2. The van der Waals surface area contributed by atoms with E-state index in [-0.39, 0.29) is 18.4 Å². The lowest BCUT2D eigenvalue weighted by atomic mass is 10.0. The number of likely N-dealkylation sites (N-methyl/N-ethyl adjacent to an activating group) is 1. The van der Waals surface area contributed by atoms with Crippen LogP contribution in [0, 0.1) is 5.92 Å². The van der Waals surface area contributed by atoms with Crippen molar-refractivity contribution in [2.75, 3.05) is 39.8 Å². The molecule has 1 atom stereocenters. The van der Waals surface area contributed by atoms with E-state index in [0.29, 0.717) is 12.5 Å². The van der Waals surface area contributed by atoms with Crippen molar-refractivity contribution in [1.29, 1.82) is 0 Å². The highest BCUT2D eigenvalue weighted by Gasteiger charge is 2.24. The maximum atomic E-state index is 12.6. The Morgan fingerprint density at radius 3 is 2.48 bits per heavy atom. The van der Waals surface area contributed by atoms with Gasteiger partial charge in [-0.25, -0.2) is 0 Å². The molecule has 1 saturated heterocycles. The van der Waals surface area contributed by atoms with E-state index in [9.17, 15) is 9.90 Å². The number of carbonyl (C=O) groups is 1. The molecule has 1 aliphatic rings. The van der Waals surface area contributed by atoms with E-state index in [4.69, 9.17) is 0 Å². The van der Waals surface area contributed by atoms with E-state index in [0.717, 1.165) is 25.2 Å². The van der Waals surface area contributed by atoms with Crippen LogP contribution in [0.3, 0.4) is 0 Å². The molecule has 1 unspecified atom stereocenters. The largest absolute Gasteiger partial charge is 0.396 e. The molecule has 1 fully saturated rings. The molecule has 1 aromatic carbocycles. The Hall–Kier alpha value is -1.39. The maximum absolute atomic E-state index is 12.6. The van der Waals surface area contributed by atoms with Crippen LogP contribution in [0.25, 0.3) is 0 Å². The van der Waals surface area contributed by atoms with Gasteiger partial charge in [-0.2, -0.15) is 0 Å². The quantitative estimate of drug-likeness (QED) is 0.923. The van der Waals surface area contributed by atoms with Gasteiger partial charge in [0.25, 0.3) is 5.91 Å².